The van der Waals surface area contributed by atoms with Crippen molar-refractivity contribution in [2.45, 2.75) is 26.7 Å². The standard InChI is InChI=1S/C17H18O5/c1-3-21-13-7-4-12(5-8-13)6-9-14(18)16-15(19)10-11(2)22-17(16)20/h4-5,7-8,10,19H,3,6,9H2,1-2H3. The Bertz CT molecular complexity index is 713. The summed E-state index contributed by atoms with van der Waals surface area (Å²) in [5, 5.41) is 9.74. The molecule has 0 fully saturated rings. The van der Waals surface area contributed by atoms with E-state index in [-0.39, 0.29) is 23.5 Å². The largest absolute Gasteiger partial charge is 0.507 e. The van der Waals surface area contributed by atoms with Crippen molar-refractivity contribution in [3.8, 4) is 11.5 Å². The first kappa shape index (κ1) is 15.8. The number of carbonyl (C=O) groups excluding carboxylic acids is 1. The molecule has 0 unspecified atom stereocenters. The number of hydrogen-bond acceptors (Lipinski definition) is 5. The van der Waals surface area contributed by atoms with Crippen molar-refractivity contribution in [1.82, 2.24) is 0 Å². The van der Waals surface area contributed by atoms with Gasteiger partial charge in [0.25, 0.3) is 0 Å². The third-order valence-corrected chi connectivity index (χ3v) is 3.21. The summed E-state index contributed by atoms with van der Waals surface area (Å²) in [7, 11) is 0. The van der Waals surface area contributed by atoms with Crippen LogP contribution in [0.1, 0.15) is 35.0 Å². The van der Waals surface area contributed by atoms with Gasteiger partial charge in [0, 0.05) is 12.5 Å². The summed E-state index contributed by atoms with van der Waals surface area (Å²) in [5.74, 6) is 0.283. The Morgan fingerprint density at radius 1 is 1.27 bits per heavy atom. The number of aromatic hydroxyl groups is 1. The highest BCUT2D eigenvalue weighted by Crippen LogP contribution is 2.18. The molecule has 5 heteroatoms. The molecular weight excluding hydrogens is 284 g/mol. The maximum absolute atomic E-state index is 12.1. The van der Waals surface area contributed by atoms with Gasteiger partial charge in [-0.15, -0.1) is 0 Å². The van der Waals surface area contributed by atoms with Gasteiger partial charge in [-0.2, -0.15) is 0 Å². The molecule has 0 bridgehead atoms. The summed E-state index contributed by atoms with van der Waals surface area (Å²) in [6, 6.07) is 8.68. The Balaban J connectivity index is 2.05. The molecule has 0 atom stereocenters. The Hall–Kier alpha value is -2.56. The number of aryl methyl sites for hydroxylation is 2. The molecule has 5 nitrogen and oxygen atoms in total. The van der Waals surface area contributed by atoms with E-state index in [0.29, 0.717) is 13.0 Å². The average Bonchev–Trinajstić information content (AvgIpc) is 2.46. The summed E-state index contributed by atoms with van der Waals surface area (Å²) >= 11 is 0. The summed E-state index contributed by atoms with van der Waals surface area (Å²) in [6.45, 7) is 4.04. The fraction of sp³-hybridized carbons (Fsp3) is 0.294. The monoisotopic (exact) mass is 302 g/mol. The summed E-state index contributed by atoms with van der Waals surface area (Å²) in [4.78, 5) is 23.8. The van der Waals surface area contributed by atoms with Crippen molar-refractivity contribution in [3.63, 3.8) is 0 Å². The van der Waals surface area contributed by atoms with Crippen molar-refractivity contribution < 1.29 is 19.1 Å². The molecule has 1 aromatic carbocycles. The molecule has 116 valence electrons. The van der Waals surface area contributed by atoms with Crippen LogP contribution in [-0.4, -0.2) is 17.5 Å². The number of ketones is 1. The van der Waals surface area contributed by atoms with E-state index in [9.17, 15) is 14.7 Å². The van der Waals surface area contributed by atoms with E-state index >= 15 is 0 Å². The topological polar surface area (TPSA) is 76.7 Å². The van der Waals surface area contributed by atoms with Crippen LogP contribution in [0, 0.1) is 6.92 Å². The lowest BCUT2D eigenvalue weighted by Crippen LogP contribution is -2.15. The minimum Gasteiger partial charge on any atom is -0.507 e. The summed E-state index contributed by atoms with van der Waals surface area (Å²) in [5.41, 5.74) is -0.126. The summed E-state index contributed by atoms with van der Waals surface area (Å²) < 4.78 is 10.2. The van der Waals surface area contributed by atoms with Gasteiger partial charge in [-0.1, -0.05) is 12.1 Å². The molecule has 2 aromatic rings. The number of Topliss-reactive ketones (excluding diaryl/α,β-unsaturated/α-hetero) is 1. The zero-order chi connectivity index (χ0) is 16.1. The van der Waals surface area contributed by atoms with Gasteiger partial charge in [0.2, 0.25) is 0 Å². The highest BCUT2D eigenvalue weighted by molar-refractivity contribution is 5.98. The predicted octanol–water partition coefficient (Wildman–Crippen LogP) is 2.87. The number of ether oxygens (including phenoxy) is 1. The van der Waals surface area contributed by atoms with Gasteiger partial charge < -0.3 is 14.3 Å². The molecule has 0 radical (unpaired) electrons. The Kier molecular flexibility index (Phi) is 4.99. The molecule has 2 rings (SSSR count). The molecule has 0 saturated carbocycles. The fourth-order valence-electron chi connectivity index (χ4n) is 2.15. The number of benzene rings is 1. The van der Waals surface area contributed by atoms with Gasteiger partial charge in [-0.25, -0.2) is 4.79 Å². The molecule has 0 aliphatic heterocycles. The number of carbonyl (C=O) groups is 1. The Labute approximate surface area is 128 Å². The van der Waals surface area contributed by atoms with E-state index in [0.717, 1.165) is 11.3 Å². The first-order chi connectivity index (χ1) is 10.5. The minimum atomic E-state index is -0.797. The van der Waals surface area contributed by atoms with E-state index in [1.807, 2.05) is 31.2 Å². The van der Waals surface area contributed by atoms with Gasteiger partial charge >= 0.3 is 5.63 Å². The Morgan fingerprint density at radius 2 is 1.95 bits per heavy atom. The molecule has 0 amide bonds. The molecule has 1 aromatic heterocycles. The van der Waals surface area contributed by atoms with Crippen LogP contribution in [0.2, 0.25) is 0 Å². The second kappa shape index (κ2) is 6.93. The quantitative estimate of drug-likeness (QED) is 0.830. The van der Waals surface area contributed by atoms with Crippen molar-refractivity contribution in [2.75, 3.05) is 6.61 Å². The van der Waals surface area contributed by atoms with Crippen LogP contribution in [0.5, 0.6) is 11.5 Å². The predicted molar refractivity (Wildman–Crippen MR) is 81.6 cm³/mol. The Morgan fingerprint density at radius 3 is 2.55 bits per heavy atom. The highest BCUT2D eigenvalue weighted by Gasteiger charge is 2.17. The molecule has 0 aliphatic carbocycles. The molecule has 0 aliphatic rings. The summed E-state index contributed by atoms with van der Waals surface area (Å²) in [6.07, 6.45) is 0.591. The minimum absolute atomic E-state index is 0.120. The van der Waals surface area contributed by atoms with Crippen LogP contribution in [0.4, 0.5) is 0 Å². The van der Waals surface area contributed by atoms with E-state index in [2.05, 4.69) is 0 Å². The molecular formula is C17H18O5. The SMILES string of the molecule is CCOc1ccc(CCC(=O)c2c(O)cc(C)oc2=O)cc1. The maximum atomic E-state index is 12.1. The lowest BCUT2D eigenvalue weighted by atomic mass is 10.0. The zero-order valence-electron chi connectivity index (χ0n) is 12.6. The van der Waals surface area contributed by atoms with Crippen molar-refractivity contribution in [1.29, 1.82) is 0 Å². The van der Waals surface area contributed by atoms with Crippen molar-refractivity contribution >= 4 is 5.78 Å². The molecule has 0 saturated heterocycles. The van der Waals surface area contributed by atoms with Gasteiger partial charge in [0.1, 0.15) is 22.8 Å². The van der Waals surface area contributed by atoms with E-state index in [4.69, 9.17) is 9.15 Å². The first-order valence-corrected chi connectivity index (χ1v) is 7.10. The molecule has 1 N–H and O–H groups in total. The van der Waals surface area contributed by atoms with Crippen LogP contribution in [0.25, 0.3) is 0 Å². The number of hydrogen-bond donors (Lipinski definition) is 1. The first-order valence-electron chi connectivity index (χ1n) is 7.10. The lowest BCUT2D eigenvalue weighted by Gasteiger charge is -2.05. The van der Waals surface area contributed by atoms with Gasteiger partial charge in [0.15, 0.2) is 5.78 Å². The maximum Gasteiger partial charge on any atom is 0.350 e. The van der Waals surface area contributed by atoms with Crippen LogP contribution in [0.3, 0.4) is 0 Å². The fourth-order valence-corrected chi connectivity index (χ4v) is 2.15. The van der Waals surface area contributed by atoms with Gasteiger partial charge in [0.05, 0.1) is 6.61 Å². The number of rotatable bonds is 6. The van der Waals surface area contributed by atoms with Crippen LogP contribution in [0.15, 0.2) is 39.5 Å². The third-order valence-electron chi connectivity index (χ3n) is 3.21. The van der Waals surface area contributed by atoms with Crippen LogP contribution >= 0.6 is 0 Å². The van der Waals surface area contributed by atoms with E-state index in [1.54, 1.807) is 0 Å². The second-order valence-corrected chi connectivity index (χ2v) is 4.90. The molecule has 1 heterocycles. The average molecular weight is 302 g/mol. The smallest absolute Gasteiger partial charge is 0.350 e. The van der Waals surface area contributed by atoms with Crippen LogP contribution in [-0.2, 0) is 6.42 Å². The molecule has 22 heavy (non-hydrogen) atoms. The van der Waals surface area contributed by atoms with Crippen LogP contribution < -0.4 is 10.4 Å². The van der Waals surface area contributed by atoms with E-state index in [1.165, 1.54) is 13.0 Å². The zero-order valence-corrected chi connectivity index (χ0v) is 12.6. The highest BCUT2D eigenvalue weighted by atomic mass is 16.5. The van der Waals surface area contributed by atoms with Crippen molar-refractivity contribution in [2.24, 2.45) is 0 Å². The third kappa shape index (κ3) is 3.75. The molecule has 0 spiro atoms. The lowest BCUT2D eigenvalue weighted by molar-refractivity contribution is 0.0975. The van der Waals surface area contributed by atoms with E-state index < -0.39 is 11.4 Å². The van der Waals surface area contributed by atoms with Gasteiger partial charge in [-0.05, 0) is 38.0 Å². The normalized spacial score (nSPS) is 10.5. The van der Waals surface area contributed by atoms with Gasteiger partial charge in [-0.3, -0.25) is 4.79 Å². The second-order valence-electron chi connectivity index (χ2n) is 4.90. The van der Waals surface area contributed by atoms with Crippen molar-refractivity contribution in [3.05, 3.63) is 57.6 Å².